The van der Waals surface area contributed by atoms with Crippen LogP contribution in [0.4, 0.5) is 11.5 Å². The lowest BCUT2D eigenvalue weighted by Crippen LogP contribution is -2.36. The van der Waals surface area contributed by atoms with E-state index in [0.717, 1.165) is 6.54 Å². The topological polar surface area (TPSA) is 148 Å². The third kappa shape index (κ3) is 12.4. The van der Waals surface area contributed by atoms with Crippen molar-refractivity contribution in [3.05, 3.63) is 6.20 Å². The van der Waals surface area contributed by atoms with Crippen molar-refractivity contribution in [1.82, 2.24) is 14.7 Å². The Labute approximate surface area is 132 Å². The van der Waals surface area contributed by atoms with Gasteiger partial charge in [-0.1, -0.05) is 6.92 Å². The number of rotatable bonds is 3. The van der Waals surface area contributed by atoms with Gasteiger partial charge in [0.2, 0.25) is 0 Å². The number of hydrogen-bond donors (Lipinski definition) is 4. The molecular weight excluding hydrogens is 310 g/mol. The zero-order valence-electron chi connectivity index (χ0n) is 14.1. The normalized spacial score (nSPS) is 11.0. The van der Waals surface area contributed by atoms with E-state index in [0.29, 0.717) is 23.6 Å². The van der Waals surface area contributed by atoms with E-state index in [9.17, 15) is 0 Å². The molecule has 0 fully saturated rings. The highest BCUT2D eigenvalue weighted by Gasteiger charge is 2.08. The lowest BCUT2D eigenvalue weighted by Gasteiger charge is -2.28. The van der Waals surface area contributed by atoms with E-state index in [1.54, 1.807) is 7.05 Å². The van der Waals surface area contributed by atoms with Gasteiger partial charge in [0.1, 0.15) is 5.82 Å². The number of nitrogen functional groups attached to an aromatic ring is 2. The molecule has 0 saturated heterocycles. The van der Waals surface area contributed by atoms with Crippen molar-refractivity contribution in [2.45, 2.75) is 46.7 Å². The molecule has 1 heterocycles. The smallest absolute Gasteiger partial charge is 0.394 e. The minimum Gasteiger partial charge on any atom is -0.394 e. The van der Waals surface area contributed by atoms with Crippen LogP contribution in [0.3, 0.4) is 0 Å². The van der Waals surface area contributed by atoms with E-state index in [2.05, 4.69) is 44.6 Å². The van der Waals surface area contributed by atoms with Gasteiger partial charge in [0.05, 0.1) is 11.9 Å². The molecule has 1 rings (SSSR count). The first-order valence-corrected chi connectivity index (χ1v) is 8.19. The molecule has 0 aromatic carbocycles. The number of nitrogens with zero attached hydrogens (tertiary/aromatic N) is 3. The summed E-state index contributed by atoms with van der Waals surface area (Å²) in [6, 6.07) is 1.38. The Morgan fingerprint density at radius 3 is 1.64 bits per heavy atom. The fourth-order valence-corrected chi connectivity index (χ4v) is 1.79. The number of aromatic nitrogens is 2. The van der Waals surface area contributed by atoms with Crippen LogP contribution in [0.2, 0.25) is 0 Å². The molecule has 9 nitrogen and oxygen atoms in total. The van der Waals surface area contributed by atoms with E-state index in [1.165, 1.54) is 10.9 Å². The summed E-state index contributed by atoms with van der Waals surface area (Å²) in [6.07, 6.45) is 1.52. The van der Waals surface area contributed by atoms with Crippen LogP contribution >= 0.6 is 0 Å². The summed E-state index contributed by atoms with van der Waals surface area (Å²) in [5, 5.41) is 3.78. The van der Waals surface area contributed by atoms with Gasteiger partial charge in [-0.2, -0.15) is 13.5 Å². The van der Waals surface area contributed by atoms with E-state index in [-0.39, 0.29) is 0 Å². The molecule has 0 amide bonds. The minimum absolute atomic E-state index is 0.519. The van der Waals surface area contributed by atoms with Gasteiger partial charge in [-0.25, -0.2) is 0 Å². The van der Waals surface area contributed by atoms with Crippen molar-refractivity contribution >= 4 is 21.9 Å². The number of anilines is 2. The molecule has 0 radical (unpaired) electrons. The average Bonchev–Trinajstić information content (AvgIpc) is 2.59. The van der Waals surface area contributed by atoms with E-state index in [4.69, 9.17) is 29.0 Å². The van der Waals surface area contributed by atoms with Crippen LogP contribution in [-0.4, -0.2) is 50.8 Å². The van der Waals surface area contributed by atoms with Crippen LogP contribution < -0.4 is 11.5 Å². The molecule has 22 heavy (non-hydrogen) atoms. The largest absolute Gasteiger partial charge is 0.394 e. The summed E-state index contributed by atoms with van der Waals surface area (Å²) in [7, 11) is -2.92. The highest BCUT2D eigenvalue weighted by atomic mass is 32.3. The van der Waals surface area contributed by atoms with Crippen LogP contribution in [-0.2, 0) is 17.4 Å². The van der Waals surface area contributed by atoms with Gasteiger partial charge in [-0.05, 0) is 34.2 Å². The monoisotopic (exact) mass is 339 g/mol. The highest BCUT2D eigenvalue weighted by Crippen LogP contribution is 2.09. The van der Waals surface area contributed by atoms with Crippen molar-refractivity contribution in [3.63, 3.8) is 0 Å². The molecule has 1 aromatic heterocycles. The maximum absolute atomic E-state index is 8.74. The summed E-state index contributed by atoms with van der Waals surface area (Å²) in [4.78, 5) is 2.46. The van der Waals surface area contributed by atoms with Gasteiger partial charge in [0.25, 0.3) is 0 Å². The maximum atomic E-state index is 8.74. The fourth-order valence-electron chi connectivity index (χ4n) is 1.79. The number of aryl methyl sites for hydroxylation is 1. The summed E-state index contributed by atoms with van der Waals surface area (Å²) < 4.78 is 33.1. The summed E-state index contributed by atoms with van der Waals surface area (Å²) in [6.45, 7) is 12.3. The summed E-state index contributed by atoms with van der Waals surface area (Å²) in [5.74, 6) is 0.519. The molecule has 0 atom stereocenters. The average molecular weight is 339 g/mol. The van der Waals surface area contributed by atoms with Crippen molar-refractivity contribution in [2.24, 2.45) is 7.05 Å². The Morgan fingerprint density at radius 1 is 1.23 bits per heavy atom. The van der Waals surface area contributed by atoms with Gasteiger partial charge in [-0.15, -0.1) is 0 Å². The van der Waals surface area contributed by atoms with Crippen molar-refractivity contribution in [3.8, 4) is 0 Å². The van der Waals surface area contributed by atoms with Crippen LogP contribution in [0.15, 0.2) is 6.20 Å². The third-order valence-corrected chi connectivity index (χ3v) is 2.71. The minimum atomic E-state index is -4.67. The molecule has 6 N–H and O–H groups in total. The fraction of sp³-hybridized carbons (Fsp3) is 0.750. The molecule has 10 heteroatoms. The standard InChI is InChI=1S/C8H19N.C4H8N4.H2O4S/c1-6-9(7(2)3)8(4)5;1-8-4(6)3(5)2-7-8;1-5(2,3)4/h7-8H,6H2,1-5H3;2H,5-6H2,1H3;(H2,1,2,3,4). The van der Waals surface area contributed by atoms with Gasteiger partial charge >= 0.3 is 10.4 Å². The first-order valence-electron chi connectivity index (χ1n) is 6.79. The SMILES string of the molecule is CCN(C(C)C)C(C)C.Cn1ncc(N)c1N.O=S(=O)(O)O. The molecule has 132 valence electrons. The Bertz CT molecular complexity index is 478. The second-order valence-corrected chi connectivity index (χ2v) is 5.97. The molecule has 0 aliphatic rings. The van der Waals surface area contributed by atoms with Crippen molar-refractivity contribution < 1.29 is 17.5 Å². The van der Waals surface area contributed by atoms with Crippen LogP contribution in [0.5, 0.6) is 0 Å². The molecule has 0 aliphatic heterocycles. The molecule has 0 spiro atoms. The molecule has 0 bridgehead atoms. The molecule has 0 unspecified atom stereocenters. The summed E-state index contributed by atoms with van der Waals surface area (Å²) >= 11 is 0. The first kappa shape index (κ1) is 22.9. The van der Waals surface area contributed by atoms with Gasteiger partial charge < -0.3 is 11.5 Å². The summed E-state index contributed by atoms with van der Waals surface area (Å²) in [5.41, 5.74) is 11.2. The van der Waals surface area contributed by atoms with E-state index >= 15 is 0 Å². The highest BCUT2D eigenvalue weighted by molar-refractivity contribution is 7.79. The van der Waals surface area contributed by atoms with Gasteiger partial charge in [-0.3, -0.25) is 18.7 Å². The zero-order chi connectivity index (χ0) is 18.1. The number of hydrogen-bond acceptors (Lipinski definition) is 6. The lowest BCUT2D eigenvalue weighted by molar-refractivity contribution is 0.185. The maximum Gasteiger partial charge on any atom is 0.394 e. The van der Waals surface area contributed by atoms with Crippen molar-refractivity contribution in [1.29, 1.82) is 0 Å². The lowest BCUT2D eigenvalue weighted by atomic mass is 10.2. The first-order chi connectivity index (χ1) is 9.81. The zero-order valence-corrected chi connectivity index (χ0v) is 14.9. The molecule has 0 saturated carbocycles. The quantitative estimate of drug-likeness (QED) is 0.597. The predicted molar refractivity (Wildman–Crippen MR) is 88.9 cm³/mol. The van der Waals surface area contributed by atoms with E-state index < -0.39 is 10.4 Å². The van der Waals surface area contributed by atoms with Crippen molar-refractivity contribution in [2.75, 3.05) is 18.0 Å². The third-order valence-electron chi connectivity index (χ3n) is 2.71. The van der Waals surface area contributed by atoms with Gasteiger partial charge in [0, 0.05) is 19.1 Å². The van der Waals surface area contributed by atoms with Crippen LogP contribution in [0, 0.1) is 0 Å². The Hall–Kier alpha value is -1.36. The Morgan fingerprint density at radius 2 is 1.59 bits per heavy atom. The van der Waals surface area contributed by atoms with Gasteiger partial charge in [0.15, 0.2) is 0 Å². The predicted octanol–water partition coefficient (Wildman–Crippen LogP) is 1.06. The second-order valence-electron chi connectivity index (χ2n) is 5.07. The second kappa shape index (κ2) is 10.4. The Balaban J connectivity index is 0. The molecule has 1 aromatic rings. The van der Waals surface area contributed by atoms with Crippen LogP contribution in [0.25, 0.3) is 0 Å². The number of nitrogens with two attached hydrogens (primary N) is 2. The molecular formula is C12H29N5O4S. The van der Waals surface area contributed by atoms with E-state index in [1.807, 2.05) is 0 Å². The molecule has 0 aliphatic carbocycles. The van der Waals surface area contributed by atoms with Crippen LogP contribution in [0.1, 0.15) is 34.6 Å². The Kier molecular flexibility index (Phi) is 10.8.